The summed E-state index contributed by atoms with van der Waals surface area (Å²) in [6.07, 6.45) is 4.12. The molecule has 0 spiro atoms. The van der Waals surface area contributed by atoms with Crippen LogP contribution in [0.25, 0.3) is 0 Å². The largest absolute Gasteiger partial charge is 0.377 e. The van der Waals surface area contributed by atoms with Gasteiger partial charge in [0.15, 0.2) is 0 Å². The van der Waals surface area contributed by atoms with E-state index in [1.807, 2.05) is 11.0 Å². The number of aromatic nitrogens is 2. The first kappa shape index (κ1) is 11.5. The Kier molecular flexibility index (Phi) is 3.19. The van der Waals surface area contributed by atoms with Gasteiger partial charge in [-0.3, -0.25) is 5.10 Å². The molecular formula is C12H18N4O2. The molecule has 0 aromatic carbocycles. The van der Waals surface area contributed by atoms with E-state index in [1.54, 1.807) is 6.20 Å². The number of hydrogen-bond donors (Lipinski definition) is 2. The number of amides is 2. The number of carbonyl (C=O) groups excluding carboxylic acids is 1. The first-order valence-electron chi connectivity index (χ1n) is 6.45. The van der Waals surface area contributed by atoms with Crippen molar-refractivity contribution in [1.29, 1.82) is 0 Å². The van der Waals surface area contributed by atoms with Crippen molar-refractivity contribution in [2.45, 2.75) is 25.4 Å². The Morgan fingerprint density at radius 3 is 3.22 bits per heavy atom. The molecule has 1 aromatic rings. The van der Waals surface area contributed by atoms with E-state index in [-0.39, 0.29) is 12.1 Å². The zero-order valence-corrected chi connectivity index (χ0v) is 10.3. The Bertz CT molecular complexity index is 402. The van der Waals surface area contributed by atoms with Crippen molar-refractivity contribution >= 4 is 6.03 Å². The zero-order chi connectivity index (χ0) is 12.4. The topological polar surface area (TPSA) is 70.2 Å². The van der Waals surface area contributed by atoms with E-state index >= 15 is 0 Å². The molecule has 1 aliphatic heterocycles. The summed E-state index contributed by atoms with van der Waals surface area (Å²) in [5.74, 6) is 0.642. The maximum absolute atomic E-state index is 12.2. The van der Waals surface area contributed by atoms with E-state index in [0.717, 1.165) is 5.69 Å². The highest BCUT2D eigenvalue weighted by Crippen LogP contribution is 2.36. The predicted molar refractivity (Wildman–Crippen MR) is 64.9 cm³/mol. The predicted octanol–water partition coefficient (Wildman–Crippen LogP) is 0.730. The monoisotopic (exact) mass is 250 g/mol. The number of carbonyl (C=O) groups is 1. The number of urea groups is 1. The lowest BCUT2D eigenvalue weighted by Gasteiger charge is -2.35. The molecule has 1 aromatic heterocycles. The van der Waals surface area contributed by atoms with E-state index in [0.29, 0.717) is 32.2 Å². The quantitative estimate of drug-likeness (QED) is 0.831. The Labute approximate surface area is 106 Å². The van der Waals surface area contributed by atoms with Crippen molar-refractivity contribution in [2.75, 3.05) is 19.8 Å². The van der Waals surface area contributed by atoms with Crippen LogP contribution in [-0.4, -0.2) is 46.9 Å². The number of rotatable bonds is 3. The van der Waals surface area contributed by atoms with Gasteiger partial charge < -0.3 is 15.0 Å². The highest BCUT2D eigenvalue weighted by Gasteiger charge is 2.39. The van der Waals surface area contributed by atoms with Crippen molar-refractivity contribution < 1.29 is 9.53 Å². The first-order valence-corrected chi connectivity index (χ1v) is 6.45. The highest BCUT2D eigenvalue weighted by atomic mass is 16.5. The summed E-state index contributed by atoms with van der Waals surface area (Å²) in [5, 5.41) is 9.62. The lowest BCUT2D eigenvalue weighted by molar-refractivity contribution is 0.00462. The van der Waals surface area contributed by atoms with Gasteiger partial charge in [-0.25, -0.2) is 4.79 Å². The minimum absolute atomic E-state index is 0.00444. The van der Waals surface area contributed by atoms with Gasteiger partial charge in [0.05, 0.1) is 31.5 Å². The summed E-state index contributed by atoms with van der Waals surface area (Å²) < 4.78 is 5.48. The summed E-state index contributed by atoms with van der Waals surface area (Å²) in [4.78, 5) is 14.1. The minimum atomic E-state index is 0.00444. The molecule has 0 radical (unpaired) electrons. The molecular weight excluding hydrogens is 232 g/mol. The van der Waals surface area contributed by atoms with Crippen LogP contribution < -0.4 is 5.32 Å². The standard InChI is InChI=1S/C12H18N4O2/c17-12(13-7-10-3-4-14-15-10)16-5-6-18-8-11(16)9-1-2-9/h3-4,9,11H,1-2,5-8H2,(H,13,17)(H,14,15). The molecule has 98 valence electrons. The van der Waals surface area contributed by atoms with E-state index in [2.05, 4.69) is 15.5 Å². The molecule has 1 atom stereocenters. The van der Waals surface area contributed by atoms with Crippen LogP contribution in [0.3, 0.4) is 0 Å². The maximum Gasteiger partial charge on any atom is 0.318 e. The van der Waals surface area contributed by atoms with E-state index < -0.39 is 0 Å². The van der Waals surface area contributed by atoms with Gasteiger partial charge in [0.25, 0.3) is 0 Å². The van der Waals surface area contributed by atoms with Crippen molar-refractivity contribution in [2.24, 2.45) is 5.92 Å². The van der Waals surface area contributed by atoms with Gasteiger partial charge in [-0.15, -0.1) is 0 Å². The van der Waals surface area contributed by atoms with Crippen molar-refractivity contribution in [3.8, 4) is 0 Å². The molecule has 2 aliphatic rings. The zero-order valence-electron chi connectivity index (χ0n) is 10.3. The smallest absolute Gasteiger partial charge is 0.318 e. The van der Waals surface area contributed by atoms with Gasteiger partial charge in [-0.1, -0.05) is 0 Å². The SMILES string of the molecule is O=C(NCc1ccn[nH]1)N1CCOCC1C1CC1. The normalized spacial score (nSPS) is 24.0. The second-order valence-electron chi connectivity index (χ2n) is 4.91. The van der Waals surface area contributed by atoms with E-state index in [1.165, 1.54) is 12.8 Å². The van der Waals surface area contributed by atoms with Crippen LogP contribution in [0.1, 0.15) is 18.5 Å². The Balaban J connectivity index is 1.56. The highest BCUT2D eigenvalue weighted by molar-refractivity contribution is 5.74. The molecule has 6 heteroatoms. The molecule has 6 nitrogen and oxygen atoms in total. The number of ether oxygens (including phenoxy) is 1. The minimum Gasteiger partial charge on any atom is -0.377 e. The third-order valence-corrected chi connectivity index (χ3v) is 3.58. The third-order valence-electron chi connectivity index (χ3n) is 3.58. The molecule has 1 aliphatic carbocycles. The van der Waals surface area contributed by atoms with Gasteiger partial charge in [-0.05, 0) is 24.8 Å². The molecule has 0 bridgehead atoms. The average Bonchev–Trinajstić information content (AvgIpc) is 3.13. The number of nitrogens with zero attached hydrogens (tertiary/aromatic N) is 2. The molecule has 2 fully saturated rings. The van der Waals surface area contributed by atoms with Crippen LogP contribution in [-0.2, 0) is 11.3 Å². The molecule has 2 amide bonds. The summed E-state index contributed by atoms with van der Waals surface area (Å²) >= 11 is 0. The Morgan fingerprint density at radius 1 is 1.61 bits per heavy atom. The number of aromatic amines is 1. The van der Waals surface area contributed by atoms with Crippen molar-refractivity contribution in [3.63, 3.8) is 0 Å². The van der Waals surface area contributed by atoms with Crippen LogP contribution >= 0.6 is 0 Å². The van der Waals surface area contributed by atoms with E-state index in [9.17, 15) is 4.79 Å². The molecule has 2 heterocycles. The number of morpholine rings is 1. The van der Waals surface area contributed by atoms with Gasteiger partial charge >= 0.3 is 6.03 Å². The van der Waals surface area contributed by atoms with Crippen molar-refractivity contribution in [1.82, 2.24) is 20.4 Å². The number of hydrogen-bond acceptors (Lipinski definition) is 3. The molecule has 2 N–H and O–H groups in total. The third kappa shape index (κ3) is 2.48. The van der Waals surface area contributed by atoms with Crippen LogP contribution in [0, 0.1) is 5.92 Å². The molecule has 18 heavy (non-hydrogen) atoms. The lowest BCUT2D eigenvalue weighted by Crippen LogP contribution is -2.53. The van der Waals surface area contributed by atoms with Gasteiger partial charge in [0.2, 0.25) is 0 Å². The lowest BCUT2D eigenvalue weighted by atomic mass is 10.1. The van der Waals surface area contributed by atoms with Crippen LogP contribution in [0.5, 0.6) is 0 Å². The van der Waals surface area contributed by atoms with Crippen LogP contribution in [0.15, 0.2) is 12.3 Å². The molecule has 3 rings (SSSR count). The molecule has 1 saturated heterocycles. The van der Waals surface area contributed by atoms with Gasteiger partial charge in [0.1, 0.15) is 0 Å². The summed E-state index contributed by atoms with van der Waals surface area (Å²) in [6.45, 7) is 2.51. The molecule has 1 saturated carbocycles. The Hall–Kier alpha value is -1.56. The first-order chi connectivity index (χ1) is 8.84. The number of H-pyrrole nitrogens is 1. The van der Waals surface area contributed by atoms with Gasteiger partial charge in [-0.2, -0.15) is 5.10 Å². The summed E-state index contributed by atoms with van der Waals surface area (Å²) in [6, 6.07) is 2.13. The maximum atomic E-state index is 12.2. The second-order valence-corrected chi connectivity index (χ2v) is 4.91. The average molecular weight is 250 g/mol. The Morgan fingerprint density at radius 2 is 2.50 bits per heavy atom. The summed E-state index contributed by atoms with van der Waals surface area (Å²) in [7, 11) is 0. The molecule has 1 unspecified atom stereocenters. The fourth-order valence-electron chi connectivity index (χ4n) is 2.40. The van der Waals surface area contributed by atoms with Crippen LogP contribution in [0.4, 0.5) is 4.79 Å². The fraction of sp³-hybridized carbons (Fsp3) is 0.667. The van der Waals surface area contributed by atoms with Crippen molar-refractivity contribution in [3.05, 3.63) is 18.0 Å². The van der Waals surface area contributed by atoms with Gasteiger partial charge in [0, 0.05) is 12.7 Å². The van der Waals surface area contributed by atoms with Crippen LogP contribution in [0.2, 0.25) is 0 Å². The van der Waals surface area contributed by atoms with E-state index in [4.69, 9.17) is 4.74 Å². The second kappa shape index (κ2) is 4.97. The number of nitrogens with one attached hydrogen (secondary N) is 2. The fourth-order valence-corrected chi connectivity index (χ4v) is 2.40. The summed E-state index contributed by atoms with van der Waals surface area (Å²) in [5.41, 5.74) is 0.916.